The largest absolute Gasteiger partial charge is 0.508 e. The highest BCUT2D eigenvalue weighted by molar-refractivity contribution is 6.00. The first-order valence-corrected chi connectivity index (χ1v) is 22.3. The van der Waals surface area contributed by atoms with E-state index in [0.29, 0.717) is 24.5 Å². The summed E-state index contributed by atoms with van der Waals surface area (Å²) in [5.74, 6) is 2.72. The molecule has 4 unspecified atom stereocenters. The number of carbonyl (C=O) groups is 2. The van der Waals surface area contributed by atoms with E-state index in [2.05, 4.69) is 104 Å². The number of phenols is 1. The molecule has 3 saturated heterocycles. The first-order chi connectivity index (χ1) is 28.9. The van der Waals surface area contributed by atoms with Crippen molar-refractivity contribution in [1.82, 2.24) is 20.4 Å². The summed E-state index contributed by atoms with van der Waals surface area (Å²) in [6.07, 6.45) is 8.36. The number of rotatable bonds is 10. The average Bonchev–Trinajstić information content (AvgIpc) is 3.27. The monoisotopic (exact) mass is 795 g/mol. The van der Waals surface area contributed by atoms with Gasteiger partial charge in [0.15, 0.2) is 0 Å². The number of ether oxygens (including phenoxy) is 1. The molecule has 3 heterocycles. The number of amides is 2. The van der Waals surface area contributed by atoms with Crippen LogP contribution in [0.2, 0.25) is 0 Å². The number of imide groups is 1. The number of hydrogen-bond acceptors (Lipinski definition) is 8. The van der Waals surface area contributed by atoms with E-state index in [1.807, 2.05) is 12.1 Å². The third-order valence-corrected chi connectivity index (χ3v) is 14.4. The van der Waals surface area contributed by atoms with Gasteiger partial charge in [-0.1, -0.05) is 67.4 Å². The summed E-state index contributed by atoms with van der Waals surface area (Å²) in [7, 11) is 1.72. The Morgan fingerprint density at radius 1 is 0.695 bits per heavy atom. The Kier molecular flexibility index (Phi) is 12.0. The number of phenolic OH excluding ortho intramolecular Hbond substituents is 1. The zero-order chi connectivity index (χ0) is 40.3. The predicted molar refractivity (Wildman–Crippen MR) is 233 cm³/mol. The maximum Gasteiger partial charge on any atom is 0.234 e. The quantitative estimate of drug-likeness (QED) is 0.144. The highest BCUT2D eigenvalue weighted by atomic mass is 16.5. The fraction of sp³-hybridized carbons (Fsp3) is 0.480. The molecule has 0 radical (unpaired) electrons. The smallest absolute Gasteiger partial charge is 0.234 e. The van der Waals surface area contributed by atoms with Gasteiger partial charge in [0.2, 0.25) is 11.8 Å². The summed E-state index contributed by atoms with van der Waals surface area (Å²) in [6, 6.07) is 32.8. The van der Waals surface area contributed by atoms with Crippen LogP contribution < -0.4 is 20.3 Å². The fourth-order valence-corrected chi connectivity index (χ4v) is 11.1. The minimum absolute atomic E-state index is 0.166. The highest BCUT2D eigenvalue weighted by Crippen LogP contribution is 2.47. The molecule has 4 aromatic rings. The van der Waals surface area contributed by atoms with Crippen LogP contribution in [0.4, 0.5) is 5.69 Å². The Morgan fingerprint density at radius 3 is 2.08 bits per heavy atom. The molecule has 0 bridgehead atoms. The van der Waals surface area contributed by atoms with E-state index in [-0.39, 0.29) is 29.7 Å². The number of piperazine rings is 2. The summed E-state index contributed by atoms with van der Waals surface area (Å²) in [5, 5.41) is 16.6. The van der Waals surface area contributed by atoms with Gasteiger partial charge < -0.3 is 20.1 Å². The lowest BCUT2D eigenvalue weighted by atomic mass is 9.69. The number of hydrogen-bond donors (Lipinski definition) is 3. The second-order valence-electron chi connectivity index (χ2n) is 17.9. The molecule has 3 aliphatic heterocycles. The van der Waals surface area contributed by atoms with Crippen LogP contribution in [0, 0.1) is 11.8 Å². The fourth-order valence-electron chi connectivity index (χ4n) is 11.1. The van der Waals surface area contributed by atoms with Crippen molar-refractivity contribution in [2.45, 2.75) is 75.2 Å². The zero-order valence-corrected chi connectivity index (χ0v) is 34.7. The molecule has 9 rings (SSSR count). The number of benzene rings is 4. The average molecular weight is 796 g/mol. The zero-order valence-electron chi connectivity index (χ0n) is 34.7. The summed E-state index contributed by atoms with van der Waals surface area (Å²) >= 11 is 0. The van der Waals surface area contributed by atoms with Crippen LogP contribution in [-0.4, -0.2) is 92.7 Å². The minimum atomic E-state index is -0.237. The Hall–Kier alpha value is -4.70. The highest BCUT2D eigenvalue weighted by Gasteiger charge is 2.34. The van der Waals surface area contributed by atoms with Crippen molar-refractivity contribution in [1.29, 1.82) is 0 Å². The molecular formula is C50H61N5O4. The summed E-state index contributed by atoms with van der Waals surface area (Å²) < 4.78 is 5.47. The summed E-state index contributed by atoms with van der Waals surface area (Å²) in [5.41, 5.74) is 8.84. The van der Waals surface area contributed by atoms with E-state index >= 15 is 0 Å². The number of fused-ring (bicyclic) bond motifs is 1. The third kappa shape index (κ3) is 8.93. The Balaban J connectivity index is 0.796. The molecule has 6 atom stereocenters. The maximum atomic E-state index is 12.4. The van der Waals surface area contributed by atoms with E-state index in [1.54, 1.807) is 7.11 Å². The van der Waals surface area contributed by atoms with E-state index in [4.69, 9.17) is 4.74 Å². The Labute approximate surface area is 350 Å². The molecule has 310 valence electrons. The van der Waals surface area contributed by atoms with Gasteiger partial charge >= 0.3 is 0 Å². The number of carbonyl (C=O) groups excluding carboxylic acids is 2. The number of nitrogens with zero attached hydrogens (tertiary/aromatic N) is 3. The van der Waals surface area contributed by atoms with E-state index in [1.165, 1.54) is 72.3 Å². The van der Waals surface area contributed by atoms with E-state index in [0.717, 1.165) is 81.8 Å². The molecule has 4 fully saturated rings. The lowest BCUT2D eigenvalue weighted by molar-refractivity contribution is -0.134. The van der Waals surface area contributed by atoms with Crippen molar-refractivity contribution in [3.05, 3.63) is 124 Å². The molecule has 59 heavy (non-hydrogen) atoms. The van der Waals surface area contributed by atoms with Crippen molar-refractivity contribution in [2.24, 2.45) is 11.8 Å². The first kappa shape index (κ1) is 39.7. The molecule has 1 saturated carbocycles. The topological polar surface area (TPSA) is 97.4 Å². The molecule has 2 amide bonds. The number of methoxy groups -OCH3 is 1. The van der Waals surface area contributed by atoms with Gasteiger partial charge in [0.05, 0.1) is 13.0 Å². The van der Waals surface area contributed by atoms with Crippen LogP contribution in [0.3, 0.4) is 0 Å². The molecule has 3 N–H and O–H groups in total. The van der Waals surface area contributed by atoms with Crippen molar-refractivity contribution in [2.75, 3.05) is 70.9 Å². The maximum absolute atomic E-state index is 12.4. The van der Waals surface area contributed by atoms with Gasteiger partial charge in [-0.3, -0.25) is 24.7 Å². The third-order valence-electron chi connectivity index (χ3n) is 14.4. The molecule has 0 spiro atoms. The van der Waals surface area contributed by atoms with Gasteiger partial charge in [-0.2, -0.15) is 0 Å². The standard InChI is InChI=1S/C50H61N5O4/c1-59-43-18-12-34(13-19-43)44-20-14-38-30-42(56)17-21-45(38)49(44)37-10-15-41(16-11-37)55-28-26-53(27-29-55)31-39-4-2-3-5-40(39)32-54-25-24-51-47(33-54)36-8-6-35(7-9-36)46-22-23-48(57)52-50(46)58/h6-13,15-19,21,30,39-40,44,46-47,49,51,56H,2-5,14,20,22-29,31-33H2,1H3,(H,52,57,58)/t39-,40-,44?,46?,47?,49?/m0/s1. The number of nitrogens with one attached hydrogen (secondary N) is 2. The van der Waals surface area contributed by atoms with Crippen molar-refractivity contribution >= 4 is 17.5 Å². The van der Waals surface area contributed by atoms with Crippen LogP contribution in [0.1, 0.15) is 102 Å². The number of piperidine rings is 1. The first-order valence-electron chi connectivity index (χ1n) is 22.3. The van der Waals surface area contributed by atoms with Crippen LogP contribution in [0.5, 0.6) is 11.5 Å². The van der Waals surface area contributed by atoms with Crippen LogP contribution >= 0.6 is 0 Å². The van der Waals surface area contributed by atoms with Crippen molar-refractivity contribution in [3.63, 3.8) is 0 Å². The second kappa shape index (κ2) is 17.9. The van der Waals surface area contributed by atoms with Crippen LogP contribution in [0.25, 0.3) is 0 Å². The molecule has 4 aromatic carbocycles. The molecule has 9 heteroatoms. The lowest BCUT2D eigenvalue weighted by Crippen LogP contribution is -2.51. The predicted octanol–water partition coefficient (Wildman–Crippen LogP) is 7.36. The minimum Gasteiger partial charge on any atom is -0.508 e. The Morgan fingerprint density at radius 2 is 1.37 bits per heavy atom. The number of aromatic hydroxyl groups is 1. The normalized spacial score (nSPS) is 26.9. The Bertz CT molecular complexity index is 2060. The van der Waals surface area contributed by atoms with Gasteiger partial charge in [0.1, 0.15) is 11.5 Å². The van der Waals surface area contributed by atoms with E-state index < -0.39 is 0 Å². The molecular weight excluding hydrogens is 735 g/mol. The molecule has 0 aromatic heterocycles. The van der Waals surface area contributed by atoms with Gasteiger partial charge in [-0.25, -0.2) is 0 Å². The van der Waals surface area contributed by atoms with Crippen molar-refractivity contribution < 1.29 is 19.4 Å². The summed E-state index contributed by atoms with van der Waals surface area (Å²) in [6.45, 7) is 9.79. The number of aryl methyl sites for hydroxylation is 1. The lowest BCUT2D eigenvalue weighted by Gasteiger charge is -2.43. The van der Waals surface area contributed by atoms with Gasteiger partial charge in [-0.05, 0) is 120 Å². The second-order valence-corrected chi connectivity index (χ2v) is 17.9. The molecule has 9 nitrogen and oxygen atoms in total. The van der Waals surface area contributed by atoms with Gasteiger partial charge in [0, 0.05) is 83.0 Å². The SMILES string of the molecule is COc1ccc(C2CCc3cc(O)ccc3C2c2ccc(N3CCN(C[C@@H]4CCCC[C@H]4CN4CCNC(c5ccc(C6CCC(=O)NC6=O)cc5)C4)CC3)cc2)cc1. The number of anilines is 1. The summed E-state index contributed by atoms with van der Waals surface area (Å²) in [4.78, 5) is 32.1. The van der Waals surface area contributed by atoms with Crippen LogP contribution in [0.15, 0.2) is 91.0 Å². The van der Waals surface area contributed by atoms with E-state index in [9.17, 15) is 14.7 Å². The van der Waals surface area contributed by atoms with Crippen LogP contribution in [-0.2, 0) is 16.0 Å². The van der Waals surface area contributed by atoms with Crippen molar-refractivity contribution in [3.8, 4) is 11.5 Å². The van der Waals surface area contributed by atoms with Gasteiger partial charge in [-0.15, -0.1) is 0 Å². The molecule has 2 aliphatic carbocycles. The van der Waals surface area contributed by atoms with Gasteiger partial charge in [0.25, 0.3) is 0 Å². The molecule has 5 aliphatic rings.